The molecule has 1 heterocycles. The van der Waals surface area contributed by atoms with E-state index in [1.807, 2.05) is 0 Å². The summed E-state index contributed by atoms with van der Waals surface area (Å²) in [5, 5.41) is 4.18. The minimum absolute atomic E-state index is 0.112. The van der Waals surface area contributed by atoms with Crippen LogP contribution >= 0.6 is 11.5 Å². The van der Waals surface area contributed by atoms with Crippen molar-refractivity contribution in [1.29, 1.82) is 0 Å². The molecule has 0 spiro atoms. The number of rotatable bonds is 8. The first-order valence-corrected chi connectivity index (χ1v) is 7.13. The van der Waals surface area contributed by atoms with E-state index in [0.29, 0.717) is 0 Å². The van der Waals surface area contributed by atoms with E-state index >= 15 is 0 Å². The Hall–Kier alpha value is -0.560. The topological polar surface area (TPSA) is 73.1 Å². The van der Waals surface area contributed by atoms with E-state index in [2.05, 4.69) is 35.8 Å². The van der Waals surface area contributed by atoms with Crippen molar-refractivity contribution in [3.63, 3.8) is 0 Å². The Labute approximate surface area is 113 Å². The fraction of sp³-hybridized carbons (Fsp3) is 0.833. The minimum Gasteiger partial charge on any atom is -0.379 e. The molecule has 104 valence electrons. The summed E-state index contributed by atoms with van der Waals surface area (Å²) in [6.45, 7) is 6.30. The van der Waals surface area contributed by atoms with Gasteiger partial charge in [-0.2, -0.15) is 0 Å². The molecule has 5 nitrogen and oxygen atoms in total. The van der Waals surface area contributed by atoms with Crippen LogP contribution in [-0.2, 0) is 11.2 Å². The molecule has 0 aliphatic carbocycles. The molecule has 1 aromatic heterocycles. The van der Waals surface area contributed by atoms with Crippen molar-refractivity contribution in [3.05, 3.63) is 10.6 Å². The summed E-state index contributed by atoms with van der Waals surface area (Å²) in [6.07, 6.45) is 3.87. The zero-order valence-corrected chi connectivity index (χ0v) is 12.5. The lowest BCUT2D eigenvalue weighted by molar-refractivity contribution is 0.0117. The lowest BCUT2D eigenvalue weighted by Crippen LogP contribution is -2.31. The maximum Gasteiger partial charge on any atom is 0.0804 e. The third-order valence-electron chi connectivity index (χ3n) is 3.18. The molecule has 6 heteroatoms. The molecule has 0 radical (unpaired) electrons. The van der Waals surface area contributed by atoms with Crippen molar-refractivity contribution in [2.75, 3.05) is 7.11 Å². The lowest BCUT2D eigenvalue weighted by atomic mass is 9.97. The standard InChI is InChI=1S/C12H24N4OS/c1-5-6-10-11(18-16-15-10)9(14-13)7-8-12(2,3)17-4/h9,14H,5-8,13H2,1-4H3. The minimum atomic E-state index is -0.127. The first kappa shape index (κ1) is 15.5. The molecule has 0 fully saturated rings. The summed E-state index contributed by atoms with van der Waals surface area (Å²) in [6, 6.07) is 0.112. The summed E-state index contributed by atoms with van der Waals surface area (Å²) >= 11 is 1.44. The lowest BCUT2D eigenvalue weighted by Gasteiger charge is -2.25. The van der Waals surface area contributed by atoms with Gasteiger partial charge >= 0.3 is 0 Å². The maximum atomic E-state index is 5.66. The Morgan fingerprint density at radius 3 is 2.78 bits per heavy atom. The van der Waals surface area contributed by atoms with Crippen LogP contribution in [0.3, 0.4) is 0 Å². The van der Waals surface area contributed by atoms with Gasteiger partial charge in [0.15, 0.2) is 0 Å². The molecule has 0 aliphatic rings. The van der Waals surface area contributed by atoms with Gasteiger partial charge in [-0.3, -0.25) is 11.3 Å². The fourth-order valence-electron chi connectivity index (χ4n) is 1.77. The summed E-state index contributed by atoms with van der Waals surface area (Å²) in [4.78, 5) is 1.16. The number of methoxy groups -OCH3 is 1. The van der Waals surface area contributed by atoms with Crippen LogP contribution in [0.15, 0.2) is 0 Å². The third-order valence-corrected chi connectivity index (χ3v) is 4.06. The van der Waals surface area contributed by atoms with Crippen molar-refractivity contribution < 1.29 is 4.74 Å². The SMILES string of the molecule is CCCc1nnsc1C(CCC(C)(C)OC)NN. The van der Waals surface area contributed by atoms with Crippen LogP contribution in [0.5, 0.6) is 0 Å². The Morgan fingerprint density at radius 2 is 2.22 bits per heavy atom. The first-order chi connectivity index (χ1) is 8.54. The van der Waals surface area contributed by atoms with Crippen molar-refractivity contribution in [3.8, 4) is 0 Å². The summed E-state index contributed by atoms with van der Waals surface area (Å²) < 4.78 is 9.47. The predicted octanol–water partition coefficient (Wildman–Crippen LogP) is 2.20. The average molecular weight is 272 g/mol. The van der Waals surface area contributed by atoms with Crippen molar-refractivity contribution in [2.24, 2.45) is 5.84 Å². The number of aryl methyl sites for hydroxylation is 1. The molecule has 0 saturated heterocycles. The van der Waals surface area contributed by atoms with Crippen LogP contribution in [0.4, 0.5) is 0 Å². The number of aromatic nitrogens is 2. The van der Waals surface area contributed by atoms with Crippen molar-refractivity contribution >= 4 is 11.5 Å². The molecule has 0 amide bonds. The van der Waals surface area contributed by atoms with E-state index in [4.69, 9.17) is 10.6 Å². The number of ether oxygens (including phenoxy) is 1. The molecule has 0 aromatic carbocycles. The van der Waals surface area contributed by atoms with E-state index < -0.39 is 0 Å². The van der Waals surface area contributed by atoms with E-state index in [0.717, 1.165) is 36.3 Å². The fourth-order valence-corrected chi connectivity index (χ4v) is 2.56. The maximum absolute atomic E-state index is 5.66. The van der Waals surface area contributed by atoms with E-state index in [1.54, 1.807) is 7.11 Å². The molecule has 1 aromatic rings. The van der Waals surface area contributed by atoms with Crippen LogP contribution in [0.25, 0.3) is 0 Å². The number of hydrazine groups is 1. The molecule has 0 saturated carbocycles. The average Bonchev–Trinajstić information content (AvgIpc) is 2.79. The highest BCUT2D eigenvalue weighted by Crippen LogP contribution is 2.28. The quantitative estimate of drug-likeness (QED) is 0.560. The second-order valence-electron chi connectivity index (χ2n) is 5.06. The third kappa shape index (κ3) is 4.28. The largest absolute Gasteiger partial charge is 0.379 e. The molecule has 3 N–H and O–H groups in total. The van der Waals surface area contributed by atoms with Crippen molar-refractivity contribution in [1.82, 2.24) is 15.0 Å². The molecule has 0 bridgehead atoms. The van der Waals surface area contributed by atoms with Gasteiger partial charge in [-0.25, -0.2) is 0 Å². The predicted molar refractivity (Wildman–Crippen MR) is 74.3 cm³/mol. The Morgan fingerprint density at radius 1 is 1.50 bits per heavy atom. The van der Waals surface area contributed by atoms with Gasteiger partial charge in [0.25, 0.3) is 0 Å². The molecule has 1 atom stereocenters. The molecule has 18 heavy (non-hydrogen) atoms. The van der Waals surface area contributed by atoms with Crippen LogP contribution in [-0.4, -0.2) is 22.3 Å². The normalized spacial score (nSPS) is 13.8. The van der Waals surface area contributed by atoms with Gasteiger partial charge < -0.3 is 4.74 Å². The van der Waals surface area contributed by atoms with Gasteiger partial charge in [-0.15, -0.1) is 5.10 Å². The number of hydrogen-bond donors (Lipinski definition) is 2. The second-order valence-corrected chi connectivity index (χ2v) is 5.84. The Balaban J connectivity index is 2.68. The van der Waals surface area contributed by atoms with Gasteiger partial charge in [0.2, 0.25) is 0 Å². The first-order valence-electron chi connectivity index (χ1n) is 6.36. The van der Waals surface area contributed by atoms with Gasteiger partial charge in [-0.05, 0) is 44.6 Å². The number of hydrogen-bond acceptors (Lipinski definition) is 6. The molecule has 1 rings (SSSR count). The molecule has 1 unspecified atom stereocenters. The Bertz CT molecular complexity index is 354. The zero-order chi connectivity index (χ0) is 13.6. The molecule has 0 aliphatic heterocycles. The van der Waals surface area contributed by atoms with Gasteiger partial charge in [-0.1, -0.05) is 17.8 Å². The second kappa shape index (κ2) is 7.13. The van der Waals surface area contributed by atoms with E-state index in [9.17, 15) is 0 Å². The number of nitrogens with two attached hydrogens (primary N) is 1. The summed E-state index contributed by atoms with van der Waals surface area (Å²) in [7, 11) is 1.74. The van der Waals surface area contributed by atoms with Gasteiger partial charge in [0.1, 0.15) is 0 Å². The Kier molecular flexibility index (Phi) is 6.14. The zero-order valence-electron chi connectivity index (χ0n) is 11.7. The van der Waals surface area contributed by atoms with Crippen LogP contribution in [0.1, 0.15) is 56.6 Å². The monoisotopic (exact) mass is 272 g/mol. The molecular weight excluding hydrogens is 248 g/mol. The summed E-state index contributed by atoms with van der Waals surface area (Å²) in [5.74, 6) is 5.66. The van der Waals surface area contributed by atoms with E-state index in [-0.39, 0.29) is 11.6 Å². The summed E-state index contributed by atoms with van der Waals surface area (Å²) in [5.41, 5.74) is 3.82. The van der Waals surface area contributed by atoms with Crippen LogP contribution in [0.2, 0.25) is 0 Å². The number of nitrogens with one attached hydrogen (secondary N) is 1. The van der Waals surface area contributed by atoms with Crippen LogP contribution in [0, 0.1) is 0 Å². The number of nitrogens with zero attached hydrogens (tertiary/aromatic N) is 2. The molecular formula is C12H24N4OS. The van der Waals surface area contributed by atoms with Crippen molar-refractivity contribution in [2.45, 2.75) is 58.1 Å². The smallest absolute Gasteiger partial charge is 0.0804 e. The van der Waals surface area contributed by atoms with E-state index in [1.165, 1.54) is 11.5 Å². The highest BCUT2D eigenvalue weighted by Gasteiger charge is 2.22. The van der Waals surface area contributed by atoms with Gasteiger partial charge in [0, 0.05) is 7.11 Å². The highest BCUT2D eigenvalue weighted by atomic mass is 32.1. The highest BCUT2D eigenvalue weighted by molar-refractivity contribution is 7.05. The van der Waals surface area contributed by atoms with Crippen LogP contribution < -0.4 is 11.3 Å². The van der Waals surface area contributed by atoms with Gasteiger partial charge in [0.05, 0.1) is 22.2 Å².